The van der Waals surface area contributed by atoms with Crippen molar-refractivity contribution in [2.45, 2.75) is 45.8 Å². The number of aryl methyl sites for hydroxylation is 2. The second kappa shape index (κ2) is 10.7. The first kappa shape index (κ1) is 21.7. The van der Waals surface area contributed by atoms with Gasteiger partial charge in [0.15, 0.2) is 5.96 Å². The molecule has 1 saturated heterocycles. The maximum atomic E-state index is 5.58. The van der Waals surface area contributed by atoms with Crippen LogP contribution in [0.1, 0.15) is 35.6 Å². The van der Waals surface area contributed by atoms with Crippen LogP contribution in [0, 0.1) is 13.8 Å². The minimum absolute atomic E-state index is 0. The number of hydrogen-bond donors (Lipinski definition) is 2. The molecule has 0 aromatic carbocycles. The van der Waals surface area contributed by atoms with Crippen LogP contribution >= 0.6 is 24.0 Å². The van der Waals surface area contributed by atoms with E-state index in [1.807, 2.05) is 33.2 Å². The second-order valence-electron chi connectivity index (χ2n) is 6.88. The standard InChI is InChI=1S/C20H29N5O.HI/c1-15-12-17(16(2)26-15)13-23-20(21-3)24-18-7-10-25(11-8-18)14-19-6-4-5-9-22-19;/h4-6,9,12,18H,7-8,10-11,13-14H2,1-3H3,(H2,21,23,24);1H. The first-order chi connectivity index (χ1) is 12.6. The number of nitrogens with zero attached hydrogens (tertiary/aromatic N) is 3. The predicted octanol–water partition coefficient (Wildman–Crippen LogP) is 3.24. The number of pyridine rings is 1. The summed E-state index contributed by atoms with van der Waals surface area (Å²) >= 11 is 0. The normalized spacial score (nSPS) is 16.0. The fourth-order valence-electron chi connectivity index (χ4n) is 3.38. The molecule has 0 spiro atoms. The van der Waals surface area contributed by atoms with Gasteiger partial charge >= 0.3 is 0 Å². The molecule has 0 aliphatic carbocycles. The number of guanidine groups is 1. The number of piperidine rings is 1. The molecular weight excluding hydrogens is 453 g/mol. The zero-order valence-corrected chi connectivity index (χ0v) is 18.7. The number of nitrogens with one attached hydrogen (secondary N) is 2. The first-order valence-electron chi connectivity index (χ1n) is 9.29. The van der Waals surface area contributed by atoms with Gasteiger partial charge in [-0.2, -0.15) is 0 Å². The zero-order valence-electron chi connectivity index (χ0n) is 16.4. The van der Waals surface area contributed by atoms with E-state index in [1.54, 1.807) is 0 Å². The van der Waals surface area contributed by atoms with E-state index in [2.05, 4.69) is 43.7 Å². The van der Waals surface area contributed by atoms with Crippen molar-refractivity contribution >= 4 is 29.9 Å². The van der Waals surface area contributed by atoms with E-state index in [-0.39, 0.29) is 24.0 Å². The van der Waals surface area contributed by atoms with Crippen LogP contribution in [0.5, 0.6) is 0 Å². The highest BCUT2D eigenvalue weighted by molar-refractivity contribution is 14.0. The van der Waals surface area contributed by atoms with E-state index in [0.717, 1.165) is 62.2 Å². The minimum Gasteiger partial charge on any atom is -0.466 e. The fourth-order valence-corrected chi connectivity index (χ4v) is 3.38. The molecule has 3 rings (SSSR count). The quantitative estimate of drug-likeness (QED) is 0.389. The zero-order chi connectivity index (χ0) is 18.4. The summed E-state index contributed by atoms with van der Waals surface area (Å²) < 4.78 is 5.58. The lowest BCUT2D eigenvalue weighted by molar-refractivity contribution is 0.196. The molecule has 0 amide bonds. The summed E-state index contributed by atoms with van der Waals surface area (Å²) in [7, 11) is 1.82. The summed E-state index contributed by atoms with van der Waals surface area (Å²) in [6, 6.07) is 8.63. The van der Waals surface area contributed by atoms with Gasteiger partial charge in [0.2, 0.25) is 0 Å². The smallest absolute Gasteiger partial charge is 0.191 e. The average molecular weight is 483 g/mol. The first-order valence-corrected chi connectivity index (χ1v) is 9.29. The molecule has 2 aromatic heterocycles. The molecule has 0 atom stereocenters. The molecular formula is C20H30IN5O. The SMILES string of the molecule is CN=C(NCc1cc(C)oc1C)NC1CCN(Cc2ccccn2)CC1.I. The monoisotopic (exact) mass is 483 g/mol. The number of furan rings is 1. The summed E-state index contributed by atoms with van der Waals surface area (Å²) in [5, 5.41) is 6.95. The number of rotatable bonds is 5. The van der Waals surface area contributed by atoms with Crippen molar-refractivity contribution in [2.24, 2.45) is 4.99 Å². The van der Waals surface area contributed by atoms with Crippen LogP contribution in [-0.4, -0.2) is 42.0 Å². The highest BCUT2D eigenvalue weighted by atomic mass is 127. The number of aromatic nitrogens is 1. The lowest BCUT2D eigenvalue weighted by atomic mass is 10.0. The van der Waals surface area contributed by atoms with Crippen LogP contribution in [-0.2, 0) is 13.1 Å². The third kappa shape index (κ3) is 6.49. The summed E-state index contributed by atoms with van der Waals surface area (Å²) in [5.41, 5.74) is 2.32. The molecule has 2 aromatic rings. The second-order valence-corrected chi connectivity index (χ2v) is 6.88. The van der Waals surface area contributed by atoms with Gasteiger partial charge in [-0.3, -0.25) is 14.9 Å². The summed E-state index contributed by atoms with van der Waals surface area (Å²) in [6.45, 7) is 7.78. The Morgan fingerprint density at radius 1 is 1.30 bits per heavy atom. The Kier molecular flexibility index (Phi) is 8.56. The highest BCUT2D eigenvalue weighted by Crippen LogP contribution is 2.14. The lowest BCUT2D eigenvalue weighted by Gasteiger charge is -2.32. The summed E-state index contributed by atoms with van der Waals surface area (Å²) in [4.78, 5) is 11.2. The Morgan fingerprint density at radius 3 is 2.67 bits per heavy atom. The van der Waals surface area contributed by atoms with Crippen LogP contribution < -0.4 is 10.6 Å². The Hall–Kier alpha value is -1.61. The maximum absolute atomic E-state index is 5.58. The molecule has 27 heavy (non-hydrogen) atoms. The molecule has 6 nitrogen and oxygen atoms in total. The average Bonchev–Trinajstić information content (AvgIpc) is 2.98. The number of aliphatic imine (C=N–C) groups is 1. The Bertz CT molecular complexity index is 723. The highest BCUT2D eigenvalue weighted by Gasteiger charge is 2.20. The Labute approximate surface area is 178 Å². The van der Waals surface area contributed by atoms with Gasteiger partial charge in [-0.05, 0) is 44.9 Å². The topological polar surface area (TPSA) is 65.7 Å². The molecule has 1 aliphatic heterocycles. The van der Waals surface area contributed by atoms with Crippen molar-refractivity contribution in [1.29, 1.82) is 0 Å². The Morgan fingerprint density at radius 2 is 2.07 bits per heavy atom. The van der Waals surface area contributed by atoms with Gasteiger partial charge in [-0.25, -0.2) is 0 Å². The molecule has 1 aliphatic rings. The number of hydrogen-bond acceptors (Lipinski definition) is 4. The molecule has 7 heteroatoms. The molecule has 3 heterocycles. The van der Waals surface area contributed by atoms with Crippen molar-refractivity contribution in [1.82, 2.24) is 20.5 Å². The van der Waals surface area contributed by atoms with Gasteiger partial charge in [0.05, 0.1) is 5.69 Å². The van der Waals surface area contributed by atoms with Crippen LogP contribution in [0.2, 0.25) is 0 Å². The van der Waals surface area contributed by atoms with Gasteiger partial charge in [0.25, 0.3) is 0 Å². The van der Waals surface area contributed by atoms with Gasteiger partial charge in [-0.15, -0.1) is 24.0 Å². The van der Waals surface area contributed by atoms with E-state index in [9.17, 15) is 0 Å². The van der Waals surface area contributed by atoms with Gasteiger partial charge < -0.3 is 15.1 Å². The lowest BCUT2D eigenvalue weighted by Crippen LogP contribution is -2.48. The maximum Gasteiger partial charge on any atom is 0.191 e. The predicted molar refractivity (Wildman–Crippen MR) is 119 cm³/mol. The van der Waals surface area contributed by atoms with E-state index in [4.69, 9.17) is 4.42 Å². The molecule has 1 fully saturated rings. The number of likely N-dealkylation sites (tertiary alicyclic amines) is 1. The summed E-state index contributed by atoms with van der Waals surface area (Å²) in [5.74, 6) is 2.77. The third-order valence-electron chi connectivity index (χ3n) is 4.85. The van der Waals surface area contributed by atoms with Gasteiger partial charge in [-0.1, -0.05) is 6.07 Å². The van der Waals surface area contributed by atoms with Gasteiger partial charge in [0, 0.05) is 51.0 Å². The molecule has 0 bridgehead atoms. The summed E-state index contributed by atoms with van der Waals surface area (Å²) in [6.07, 6.45) is 4.08. The van der Waals surface area contributed by atoms with E-state index in [1.165, 1.54) is 5.56 Å². The number of halogens is 1. The van der Waals surface area contributed by atoms with Crippen molar-refractivity contribution in [2.75, 3.05) is 20.1 Å². The molecule has 2 N–H and O–H groups in total. The van der Waals surface area contributed by atoms with Crippen molar-refractivity contribution < 1.29 is 4.42 Å². The van der Waals surface area contributed by atoms with Gasteiger partial charge in [0.1, 0.15) is 11.5 Å². The van der Waals surface area contributed by atoms with Crippen molar-refractivity contribution in [3.63, 3.8) is 0 Å². The molecule has 0 saturated carbocycles. The fraction of sp³-hybridized carbons (Fsp3) is 0.500. The van der Waals surface area contributed by atoms with Crippen LogP contribution in [0.15, 0.2) is 39.9 Å². The van der Waals surface area contributed by atoms with Crippen LogP contribution in [0.3, 0.4) is 0 Å². The van der Waals surface area contributed by atoms with Crippen molar-refractivity contribution in [3.8, 4) is 0 Å². The molecule has 148 valence electrons. The van der Waals surface area contributed by atoms with E-state index in [0.29, 0.717) is 6.04 Å². The van der Waals surface area contributed by atoms with E-state index < -0.39 is 0 Å². The van der Waals surface area contributed by atoms with E-state index >= 15 is 0 Å². The van der Waals surface area contributed by atoms with Crippen molar-refractivity contribution in [3.05, 3.63) is 53.2 Å². The molecule has 0 unspecified atom stereocenters. The Balaban J connectivity index is 0.00000261. The largest absolute Gasteiger partial charge is 0.466 e. The third-order valence-corrected chi connectivity index (χ3v) is 4.85. The van der Waals surface area contributed by atoms with Crippen LogP contribution in [0.4, 0.5) is 0 Å². The minimum atomic E-state index is 0. The molecule has 0 radical (unpaired) electrons. The van der Waals surface area contributed by atoms with Crippen LogP contribution in [0.25, 0.3) is 0 Å².